The summed E-state index contributed by atoms with van der Waals surface area (Å²) >= 11 is 6.01. The summed E-state index contributed by atoms with van der Waals surface area (Å²) in [5.41, 5.74) is 1.95. The first kappa shape index (κ1) is 18.8. The van der Waals surface area contributed by atoms with E-state index in [2.05, 4.69) is 9.29 Å². The van der Waals surface area contributed by atoms with E-state index in [0.717, 1.165) is 42.9 Å². The van der Waals surface area contributed by atoms with E-state index in [9.17, 15) is 8.42 Å². The molecular weight excluding hydrogens is 398 g/mol. The van der Waals surface area contributed by atoms with Gasteiger partial charge in [-0.3, -0.25) is 4.72 Å². The van der Waals surface area contributed by atoms with Gasteiger partial charge >= 0.3 is 0 Å². The van der Waals surface area contributed by atoms with Crippen molar-refractivity contribution in [3.8, 4) is 17.0 Å². The summed E-state index contributed by atoms with van der Waals surface area (Å²) in [5, 5.41) is 0.316. The molecule has 0 atom stereocenters. The number of methoxy groups -OCH3 is 1. The number of hydrogen-bond donors (Lipinski definition) is 1. The lowest BCUT2D eigenvalue weighted by molar-refractivity contribution is 0.403. The Kier molecular flexibility index (Phi) is 5.03. The number of aryl methyl sites for hydroxylation is 2. The van der Waals surface area contributed by atoms with Crippen LogP contribution < -0.4 is 9.46 Å². The zero-order chi connectivity index (χ0) is 19.7. The molecule has 0 unspecified atom stereocenters. The Balaban J connectivity index is 1.73. The lowest BCUT2D eigenvalue weighted by Gasteiger charge is -2.14. The number of nitrogens with one attached hydrogen (secondary N) is 1. The molecule has 3 aromatic rings. The average Bonchev–Trinajstić information content (AvgIpc) is 3.12. The van der Waals surface area contributed by atoms with E-state index in [1.807, 2.05) is 18.3 Å². The largest absolute Gasteiger partial charge is 0.495 e. The van der Waals surface area contributed by atoms with Crippen LogP contribution in [0, 0.1) is 0 Å². The Labute approximate surface area is 169 Å². The molecule has 1 aliphatic heterocycles. The van der Waals surface area contributed by atoms with Crippen molar-refractivity contribution in [1.82, 2.24) is 9.55 Å². The normalized spacial score (nSPS) is 13.8. The third kappa shape index (κ3) is 3.59. The number of ether oxygens (including phenoxy) is 1. The molecule has 0 saturated carbocycles. The summed E-state index contributed by atoms with van der Waals surface area (Å²) < 4.78 is 36.1. The first-order chi connectivity index (χ1) is 13.5. The highest BCUT2D eigenvalue weighted by atomic mass is 35.5. The van der Waals surface area contributed by atoms with Gasteiger partial charge in [-0.1, -0.05) is 29.8 Å². The van der Waals surface area contributed by atoms with E-state index in [1.54, 1.807) is 18.2 Å². The van der Waals surface area contributed by atoms with Crippen LogP contribution in [-0.2, 0) is 23.0 Å². The van der Waals surface area contributed by atoms with Crippen LogP contribution in [-0.4, -0.2) is 25.1 Å². The van der Waals surface area contributed by atoms with Crippen LogP contribution in [0.3, 0.4) is 0 Å². The van der Waals surface area contributed by atoms with Crippen molar-refractivity contribution in [2.24, 2.45) is 0 Å². The smallest absolute Gasteiger partial charge is 0.265 e. The summed E-state index contributed by atoms with van der Waals surface area (Å²) in [6.45, 7) is 0.940. The van der Waals surface area contributed by atoms with Gasteiger partial charge < -0.3 is 9.30 Å². The van der Waals surface area contributed by atoms with Crippen molar-refractivity contribution in [3.63, 3.8) is 0 Å². The molecule has 28 heavy (non-hydrogen) atoms. The number of para-hydroxylation sites is 1. The van der Waals surface area contributed by atoms with Gasteiger partial charge in [-0.25, -0.2) is 13.4 Å². The number of halogens is 1. The minimum Gasteiger partial charge on any atom is -0.495 e. The molecule has 1 aliphatic rings. The van der Waals surface area contributed by atoms with Gasteiger partial charge in [0.25, 0.3) is 10.0 Å². The molecule has 0 amide bonds. The van der Waals surface area contributed by atoms with Gasteiger partial charge in [0.2, 0.25) is 0 Å². The SMILES string of the molecule is COc1ccc(Cl)cc1S(=O)(=O)Nc1ccccc1-c1cn2c(n1)CCCC2. The van der Waals surface area contributed by atoms with Crippen molar-refractivity contribution in [3.05, 3.63) is 59.5 Å². The number of rotatable bonds is 5. The zero-order valence-corrected chi connectivity index (χ0v) is 16.9. The maximum absolute atomic E-state index is 13.0. The second-order valence-electron chi connectivity index (χ2n) is 6.64. The molecule has 0 fully saturated rings. The average molecular weight is 418 g/mol. The molecule has 2 aromatic carbocycles. The summed E-state index contributed by atoms with van der Waals surface area (Å²) in [4.78, 5) is 4.70. The van der Waals surface area contributed by atoms with Gasteiger partial charge in [0.15, 0.2) is 0 Å². The zero-order valence-electron chi connectivity index (χ0n) is 15.4. The van der Waals surface area contributed by atoms with Gasteiger partial charge in [0, 0.05) is 29.7 Å². The third-order valence-corrected chi connectivity index (χ3v) is 6.39. The number of nitrogens with zero attached hydrogens (tertiary/aromatic N) is 2. The quantitative estimate of drug-likeness (QED) is 0.669. The minimum atomic E-state index is -3.91. The first-order valence-electron chi connectivity index (χ1n) is 9.00. The van der Waals surface area contributed by atoms with Crippen LogP contribution in [0.15, 0.2) is 53.6 Å². The Morgan fingerprint density at radius 3 is 2.79 bits per heavy atom. The lowest BCUT2D eigenvalue weighted by Crippen LogP contribution is -2.14. The van der Waals surface area contributed by atoms with E-state index in [1.165, 1.54) is 19.2 Å². The molecule has 2 heterocycles. The molecule has 1 N–H and O–H groups in total. The maximum Gasteiger partial charge on any atom is 0.265 e. The van der Waals surface area contributed by atoms with E-state index in [-0.39, 0.29) is 10.6 Å². The number of imidazole rings is 1. The fraction of sp³-hybridized carbons (Fsp3) is 0.250. The van der Waals surface area contributed by atoms with Crippen LogP contribution in [0.2, 0.25) is 5.02 Å². The molecule has 0 radical (unpaired) electrons. The van der Waals surface area contributed by atoms with Crippen molar-refractivity contribution < 1.29 is 13.2 Å². The Morgan fingerprint density at radius 1 is 1.18 bits per heavy atom. The highest BCUT2D eigenvalue weighted by Crippen LogP contribution is 2.33. The fourth-order valence-corrected chi connectivity index (χ4v) is 4.91. The molecule has 4 rings (SSSR count). The Bertz CT molecular complexity index is 1100. The number of sulfonamides is 1. The molecule has 0 saturated heterocycles. The van der Waals surface area contributed by atoms with E-state index >= 15 is 0 Å². The van der Waals surface area contributed by atoms with Crippen LogP contribution in [0.4, 0.5) is 5.69 Å². The third-order valence-electron chi connectivity index (χ3n) is 4.77. The highest BCUT2D eigenvalue weighted by Gasteiger charge is 2.22. The Hall–Kier alpha value is -2.51. The number of benzene rings is 2. The van der Waals surface area contributed by atoms with Crippen molar-refractivity contribution >= 4 is 27.3 Å². The van der Waals surface area contributed by atoms with Gasteiger partial charge in [-0.15, -0.1) is 0 Å². The Morgan fingerprint density at radius 2 is 2.00 bits per heavy atom. The second kappa shape index (κ2) is 7.48. The summed E-state index contributed by atoms with van der Waals surface area (Å²) in [6.07, 6.45) is 5.18. The van der Waals surface area contributed by atoms with Crippen molar-refractivity contribution in [2.45, 2.75) is 30.7 Å². The van der Waals surface area contributed by atoms with E-state index in [4.69, 9.17) is 21.3 Å². The van der Waals surface area contributed by atoms with Crippen molar-refractivity contribution in [2.75, 3.05) is 11.8 Å². The molecular formula is C20H20ClN3O3S. The fourth-order valence-electron chi connectivity index (χ4n) is 3.40. The summed E-state index contributed by atoms with van der Waals surface area (Å²) in [7, 11) is -2.48. The van der Waals surface area contributed by atoms with Gasteiger partial charge in [-0.05, 0) is 37.1 Å². The van der Waals surface area contributed by atoms with Gasteiger partial charge in [0.05, 0.1) is 18.5 Å². The monoisotopic (exact) mass is 417 g/mol. The van der Waals surface area contributed by atoms with Crippen LogP contribution in [0.1, 0.15) is 18.7 Å². The van der Waals surface area contributed by atoms with Gasteiger partial charge in [0.1, 0.15) is 16.5 Å². The van der Waals surface area contributed by atoms with E-state index in [0.29, 0.717) is 10.7 Å². The molecule has 0 bridgehead atoms. The van der Waals surface area contributed by atoms with E-state index < -0.39 is 10.0 Å². The predicted octanol–water partition coefficient (Wildman–Crippen LogP) is 4.35. The summed E-state index contributed by atoms with van der Waals surface area (Å²) in [6, 6.07) is 11.7. The number of anilines is 1. The molecule has 0 spiro atoms. The number of fused-ring (bicyclic) bond motifs is 1. The maximum atomic E-state index is 13.0. The first-order valence-corrected chi connectivity index (χ1v) is 10.9. The lowest BCUT2D eigenvalue weighted by atomic mass is 10.1. The molecule has 146 valence electrons. The van der Waals surface area contributed by atoms with Crippen molar-refractivity contribution in [1.29, 1.82) is 0 Å². The second-order valence-corrected chi connectivity index (χ2v) is 8.73. The molecule has 6 nitrogen and oxygen atoms in total. The van der Waals surface area contributed by atoms with Crippen LogP contribution in [0.5, 0.6) is 5.75 Å². The molecule has 8 heteroatoms. The van der Waals surface area contributed by atoms with Crippen LogP contribution >= 0.6 is 11.6 Å². The van der Waals surface area contributed by atoms with Crippen LogP contribution in [0.25, 0.3) is 11.3 Å². The minimum absolute atomic E-state index is 0.0126. The summed E-state index contributed by atoms with van der Waals surface area (Å²) in [5.74, 6) is 1.27. The molecule has 0 aliphatic carbocycles. The number of hydrogen-bond acceptors (Lipinski definition) is 4. The number of aromatic nitrogens is 2. The van der Waals surface area contributed by atoms with Gasteiger partial charge in [-0.2, -0.15) is 0 Å². The standard InChI is InChI=1S/C20H20ClN3O3S/c1-27-18-10-9-14(21)12-19(18)28(25,26)23-16-7-3-2-6-15(16)17-13-24-11-5-4-8-20(24)22-17/h2-3,6-7,9-10,12-13,23H,4-5,8,11H2,1H3. The predicted molar refractivity (Wildman–Crippen MR) is 109 cm³/mol. The topological polar surface area (TPSA) is 73.2 Å². The molecule has 1 aromatic heterocycles. The highest BCUT2D eigenvalue weighted by molar-refractivity contribution is 7.92.